The highest BCUT2D eigenvalue weighted by Gasteiger charge is 2.11. The topological polar surface area (TPSA) is 48.7 Å². The van der Waals surface area contributed by atoms with E-state index in [2.05, 4.69) is 30.2 Å². The second-order valence-corrected chi connectivity index (χ2v) is 3.64. The zero-order chi connectivity index (χ0) is 11.1. The van der Waals surface area contributed by atoms with E-state index in [4.69, 9.17) is 5.26 Å². The fourth-order valence-corrected chi connectivity index (χ4v) is 1.51. The summed E-state index contributed by atoms with van der Waals surface area (Å²) in [6.45, 7) is 4.18. The largest absolute Gasteiger partial charge is 0.306 e. The predicted octanol–water partition coefficient (Wildman–Crippen LogP) is 2.42. The van der Waals surface area contributed by atoms with Gasteiger partial charge in [-0.15, -0.1) is 0 Å². The van der Waals surface area contributed by atoms with Gasteiger partial charge in [0.1, 0.15) is 0 Å². The summed E-state index contributed by atoms with van der Waals surface area (Å²) in [5.41, 5.74) is 1.16. The lowest BCUT2D eigenvalue weighted by atomic mass is 10.1. The highest BCUT2D eigenvalue weighted by atomic mass is 14.9. The molecule has 3 nitrogen and oxygen atoms in total. The number of nitrogens with zero attached hydrogens (tertiary/aromatic N) is 2. The van der Waals surface area contributed by atoms with Crippen LogP contribution >= 0.6 is 0 Å². The Morgan fingerprint density at radius 3 is 2.93 bits per heavy atom. The van der Waals surface area contributed by atoms with Gasteiger partial charge in [-0.3, -0.25) is 4.98 Å². The van der Waals surface area contributed by atoms with E-state index < -0.39 is 0 Å². The second-order valence-electron chi connectivity index (χ2n) is 3.64. The zero-order valence-electron chi connectivity index (χ0n) is 9.27. The maximum atomic E-state index is 8.65. The number of nitriles is 1. The molecule has 15 heavy (non-hydrogen) atoms. The summed E-state index contributed by atoms with van der Waals surface area (Å²) in [5.74, 6) is 0. The number of nitrogens with one attached hydrogen (secondary N) is 1. The van der Waals surface area contributed by atoms with E-state index in [1.54, 1.807) is 6.20 Å². The minimum absolute atomic E-state index is 0.247. The number of rotatable bonds is 5. The molecule has 0 spiro atoms. The maximum Gasteiger partial charge on any atom is 0.0638 e. The molecule has 1 heterocycles. The molecule has 80 valence electrons. The van der Waals surface area contributed by atoms with Crippen molar-refractivity contribution in [2.45, 2.75) is 38.8 Å². The first-order chi connectivity index (χ1) is 7.27. The molecule has 1 aromatic heterocycles. The van der Waals surface area contributed by atoms with Crippen LogP contribution in [0.1, 0.15) is 38.3 Å². The van der Waals surface area contributed by atoms with Crippen molar-refractivity contribution < 1.29 is 0 Å². The summed E-state index contributed by atoms with van der Waals surface area (Å²) in [5, 5.41) is 12.1. The molecule has 0 aliphatic rings. The Morgan fingerprint density at radius 1 is 1.60 bits per heavy atom. The van der Waals surface area contributed by atoms with Crippen molar-refractivity contribution in [2.75, 3.05) is 0 Å². The average Bonchev–Trinajstić information content (AvgIpc) is 2.29. The van der Waals surface area contributed by atoms with E-state index >= 15 is 0 Å². The number of hydrogen-bond donors (Lipinski definition) is 1. The molecule has 3 heteroatoms. The normalized spacial score (nSPS) is 14.2. The van der Waals surface area contributed by atoms with Crippen LogP contribution in [0.4, 0.5) is 0 Å². The van der Waals surface area contributed by atoms with Crippen LogP contribution in [0.15, 0.2) is 24.5 Å². The fraction of sp³-hybridized carbons (Fsp3) is 0.500. The summed E-state index contributed by atoms with van der Waals surface area (Å²) < 4.78 is 0. The predicted molar refractivity (Wildman–Crippen MR) is 60.1 cm³/mol. The molecular weight excluding hydrogens is 186 g/mol. The molecule has 0 aliphatic heterocycles. The van der Waals surface area contributed by atoms with E-state index in [0.717, 1.165) is 12.0 Å². The van der Waals surface area contributed by atoms with Gasteiger partial charge in [-0.05, 0) is 25.0 Å². The summed E-state index contributed by atoms with van der Waals surface area (Å²) in [7, 11) is 0. The van der Waals surface area contributed by atoms with Crippen LogP contribution in [0.3, 0.4) is 0 Å². The van der Waals surface area contributed by atoms with Gasteiger partial charge in [-0.2, -0.15) is 5.26 Å². The Balaban J connectivity index is 2.55. The Hall–Kier alpha value is -1.40. The zero-order valence-corrected chi connectivity index (χ0v) is 9.27. The van der Waals surface area contributed by atoms with Crippen molar-refractivity contribution in [3.8, 4) is 6.07 Å². The number of pyridine rings is 1. The van der Waals surface area contributed by atoms with E-state index in [9.17, 15) is 0 Å². The summed E-state index contributed by atoms with van der Waals surface area (Å²) in [6, 6.07) is 6.69. The van der Waals surface area contributed by atoms with Gasteiger partial charge in [0, 0.05) is 24.5 Å². The Morgan fingerprint density at radius 2 is 2.40 bits per heavy atom. The smallest absolute Gasteiger partial charge is 0.0638 e. The molecule has 0 aromatic carbocycles. The van der Waals surface area contributed by atoms with E-state index in [1.807, 2.05) is 18.3 Å². The van der Waals surface area contributed by atoms with E-state index in [0.29, 0.717) is 6.42 Å². The SMILES string of the molecule is CCC(CC#N)N[C@@H](C)c1cccnc1. The van der Waals surface area contributed by atoms with Crippen molar-refractivity contribution in [1.82, 2.24) is 10.3 Å². The van der Waals surface area contributed by atoms with Gasteiger partial charge in [-0.1, -0.05) is 13.0 Å². The van der Waals surface area contributed by atoms with Crippen LogP contribution in [-0.2, 0) is 0 Å². The quantitative estimate of drug-likeness (QED) is 0.799. The molecule has 1 N–H and O–H groups in total. The highest BCUT2D eigenvalue weighted by Crippen LogP contribution is 2.12. The van der Waals surface area contributed by atoms with Crippen molar-refractivity contribution in [2.24, 2.45) is 0 Å². The molecule has 1 unspecified atom stereocenters. The van der Waals surface area contributed by atoms with Crippen LogP contribution in [0.5, 0.6) is 0 Å². The second kappa shape index (κ2) is 6.15. The molecule has 2 atom stereocenters. The van der Waals surface area contributed by atoms with Crippen LogP contribution in [0.25, 0.3) is 0 Å². The lowest BCUT2D eigenvalue weighted by Gasteiger charge is -2.20. The van der Waals surface area contributed by atoms with Gasteiger partial charge in [0.25, 0.3) is 0 Å². The molecule has 0 saturated heterocycles. The Bertz CT molecular complexity index is 315. The number of hydrogen-bond acceptors (Lipinski definition) is 3. The van der Waals surface area contributed by atoms with Crippen molar-refractivity contribution >= 4 is 0 Å². The van der Waals surface area contributed by atoms with Gasteiger partial charge in [0.15, 0.2) is 0 Å². The third kappa shape index (κ3) is 3.69. The van der Waals surface area contributed by atoms with Crippen LogP contribution < -0.4 is 5.32 Å². The maximum absolute atomic E-state index is 8.65. The molecule has 0 amide bonds. The summed E-state index contributed by atoms with van der Waals surface area (Å²) in [6.07, 6.45) is 5.15. The van der Waals surface area contributed by atoms with Gasteiger partial charge < -0.3 is 5.32 Å². The molecule has 1 aromatic rings. The van der Waals surface area contributed by atoms with Crippen molar-refractivity contribution in [3.05, 3.63) is 30.1 Å². The Labute approximate surface area is 91.1 Å². The van der Waals surface area contributed by atoms with E-state index in [-0.39, 0.29) is 12.1 Å². The van der Waals surface area contributed by atoms with Crippen LogP contribution in [0.2, 0.25) is 0 Å². The fourth-order valence-electron chi connectivity index (χ4n) is 1.51. The minimum Gasteiger partial charge on any atom is -0.306 e. The third-order valence-electron chi connectivity index (χ3n) is 2.50. The molecule has 1 rings (SSSR count). The molecule has 0 saturated carbocycles. The molecule has 0 aliphatic carbocycles. The summed E-state index contributed by atoms with van der Waals surface area (Å²) in [4.78, 5) is 4.08. The lowest BCUT2D eigenvalue weighted by Crippen LogP contribution is -2.30. The monoisotopic (exact) mass is 203 g/mol. The first-order valence-corrected chi connectivity index (χ1v) is 5.30. The van der Waals surface area contributed by atoms with Gasteiger partial charge in [-0.25, -0.2) is 0 Å². The molecule has 0 bridgehead atoms. The number of aromatic nitrogens is 1. The molecule has 0 radical (unpaired) electrons. The van der Waals surface area contributed by atoms with Crippen LogP contribution in [0, 0.1) is 11.3 Å². The van der Waals surface area contributed by atoms with Gasteiger partial charge in [0.2, 0.25) is 0 Å². The van der Waals surface area contributed by atoms with Gasteiger partial charge in [0.05, 0.1) is 12.5 Å². The average molecular weight is 203 g/mol. The van der Waals surface area contributed by atoms with Gasteiger partial charge >= 0.3 is 0 Å². The molecular formula is C12H17N3. The summed E-state index contributed by atoms with van der Waals surface area (Å²) >= 11 is 0. The highest BCUT2D eigenvalue weighted by molar-refractivity contribution is 5.13. The van der Waals surface area contributed by atoms with Crippen molar-refractivity contribution in [3.63, 3.8) is 0 Å². The third-order valence-corrected chi connectivity index (χ3v) is 2.50. The Kier molecular flexibility index (Phi) is 4.79. The van der Waals surface area contributed by atoms with Crippen molar-refractivity contribution in [1.29, 1.82) is 5.26 Å². The van der Waals surface area contributed by atoms with Crippen LogP contribution in [-0.4, -0.2) is 11.0 Å². The lowest BCUT2D eigenvalue weighted by molar-refractivity contribution is 0.447. The first-order valence-electron chi connectivity index (χ1n) is 5.30. The van der Waals surface area contributed by atoms with E-state index in [1.165, 1.54) is 0 Å². The minimum atomic E-state index is 0.247. The molecule has 0 fully saturated rings. The first kappa shape index (κ1) is 11.7. The standard InChI is InChI=1S/C12H17N3/c1-3-12(6-7-13)15-10(2)11-5-4-8-14-9-11/h4-5,8-10,12,15H,3,6H2,1-2H3/t10-,12?/m0/s1.